The van der Waals surface area contributed by atoms with Gasteiger partial charge in [0.2, 0.25) is 0 Å². The van der Waals surface area contributed by atoms with Crippen molar-refractivity contribution in [3.63, 3.8) is 0 Å². The number of para-hydroxylation sites is 1. The van der Waals surface area contributed by atoms with Gasteiger partial charge in [-0.05, 0) is 12.1 Å². The van der Waals surface area contributed by atoms with Gasteiger partial charge in [-0.15, -0.1) is 24.0 Å². The number of aliphatic imine (C=N–C) groups is 1. The zero-order valence-electron chi connectivity index (χ0n) is 16.1. The molecule has 0 radical (unpaired) electrons. The number of ether oxygens (including phenoxy) is 1. The Morgan fingerprint density at radius 1 is 1.12 bits per heavy atom. The van der Waals surface area contributed by atoms with E-state index < -0.39 is 0 Å². The van der Waals surface area contributed by atoms with Crippen LogP contribution in [0, 0.1) is 0 Å². The van der Waals surface area contributed by atoms with Gasteiger partial charge in [0.25, 0.3) is 0 Å². The van der Waals surface area contributed by atoms with Crippen molar-refractivity contribution < 1.29 is 4.74 Å². The van der Waals surface area contributed by atoms with Gasteiger partial charge in [0.15, 0.2) is 5.96 Å². The molecule has 0 bridgehead atoms. The summed E-state index contributed by atoms with van der Waals surface area (Å²) in [6.45, 7) is 1.36. The normalized spacial score (nSPS) is 10.7. The summed E-state index contributed by atoms with van der Waals surface area (Å²) in [6, 6.07) is 12.0. The fourth-order valence-corrected chi connectivity index (χ4v) is 2.69. The molecule has 2 rings (SSSR count). The molecule has 0 saturated carbocycles. The summed E-state index contributed by atoms with van der Waals surface area (Å²) in [5.41, 5.74) is 2.24. The van der Waals surface area contributed by atoms with Gasteiger partial charge in [0, 0.05) is 58.6 Å². The average molecular weight is 469 g/mol. The molecular weight excluding hydrogens is 441 g/mol. The molecule has 0 aliphatic carbocycles. The number of hydrogen-bond donors (Lipinski definition) is 1. The van der Waals surface area contributed by atoms with Gasteiger partial charge >= 0.3 is 0 Å². The minimum atomic E-state index is 0. The lowest BCUT2D eigenvalue weighted by Crippen LogP contribution is -2.38. The average Bonchev–Trinajstić information content (AvgIpc) is 2.63. The number of methoxy groups -OCH3 is 1. The quantitative estimate of drug-likeness (QED) is 0.401. The molecule has 0 aliphatic rings. The van der Waals surface area contributed by atoms with Crippen molar-refractivity contribution in [2.45, 2.75) is 13.1 Å². The molecule has 0 atom stereocenters. The van der Waals surface area contributed by atoms with Crippen molar-refractivity contribution in [3.8, 4) is 5.75 Å². The van der Waals surface area contributed by atoms with Crippen LogP contribution in [0.5, 0.6) is 5.75 Å². The summed E-state index contributed by atoms with van der Waals surface area (Å²) in [7, 11) is 9.48. The van der Waals surface area contributed by atoms with Crippen molar-refractivity contribution >= 4 is 35.8 Å². The fraction of sp³-hybridized carbons (Fsp3) is 0.368. The highest BCUT2D eigenvalue weighted by Crippen LogP contribution is 2.19. The third-order valence-electron chi connectivity index (χ3n) is 3.90. The van der Waals surface area contributed by atoms with Crippen molar-refractivity contribution in [1.29, 1.82) is 0 Å². The van der Waals surface area contributed by atoms with E-state index in [0.717, 1.165) is 28.7 Å². The third kappa shape index (κ3) is 5.76. The highest BCUT2D eigenvalue weighted by atomic mass is 127. The Bertz CT molecular complexity index is 721. The summed E-state index contributed by atoms with van der Waals surface area (Å²) >= 11 is 0. The Hall–Kier alpha value is -2.03. The van der Waals surface area contributed by atoms with Crippen molar-refractivity contribution in [1.82, 2.24) is 15.2 Å². The summed E-state index contributed by atoms with van der Waals surface area (Å²) in [6.07, 6.45) is 1.81. The van der Waals surface area contributed by atoms with E-state index in [0.29, 0.717) is 13.1 Å². The summed E-state index contributed by atoms with van der Waals surface area (Å²) in [5, 5.41) is 3.41. The monoisotopic (exact) mass is 469 g/mol. The van der Waals surface area contributed by atoms with Crippen LogP contribution in [-0.4, -0.2) is 51.1 Å². The molecule has 2 aromatic rings. The Balaban J connectivity index is 0.00000338. The summed E-state index contributed by atoms with van der Waals surface area (Å²) in [4.78, 5) is 12.9. The van der Waals surface area contributed by atoms with Crippen LogP contribution in [0.4, 0.5) is 5.82 Å². The first-order valence-electron chi connectivity index (χ1n) is 8.21. The number of nitrogens with zero attached hydrogens (tertiary/aromatic N) is 4. The van der Waals surface area contributed by atoms with Gasteiger partial charge in [-0.2, -0.15) is 0 Å². The predicted octanol–water partition coefficient (Wildman–Crippen LogP) is 2.98. The molecule has 0 saturated heterocycles. The highest BCUT2D eigenvalue weighted by molar-refractivity contribution is 14.0. The number of aromatic nitrogens is 1. The van der Waals surface area contributed by atoms with Gasteiger partial charge in [-0.3, -0.25) is 4.99 Å². The number of hydrogen-bond acceptors (Lipinski definition) is 4. The van der Waals surface area contributed by atoms with Crippen LogP contribution < -0.4 is 15.0 Å². The van der Waals surface area contributed by atoms with E-state index in [-0.39, 0.29) is 24.0 Å². The molecule has 1 N–H and O–H groups in total. The number of halogens is 1. The van der Waals surface area contributed by atoms with Crippen molar-refractivity contribution in [2.24, 2.45) is 4.99 Å². The zero-order chi connectivity index (χ0) is 18.2. The molecule has 6 nitrogen and oxygen atoms in total. The number of nitrogens with one attached hydrogen (secondary N) is 1. The van der Waals surface area contributed by atoms with Crippen LogP contribution >= 0.6 is 24.0 Å². The van der Waals surface area contributed by atoms with Crippen LogP contribution in [0.2, 0.25) is 0 Å². The van der Waals surface area contributed by atoms with Crippen molar-refractivity contribution in [2.75, 3.05) is 40.2 Å². The summed E-state index contributed by atoms with van der Waals surface area (Å²) in [5.74, 6) is 2.66. The lowest BCUT2D eigenvalue weighted by atomic mass is 10.2. The Morgan fingerprint density at radius 2 is 1.81 bits per heavy atom. The molecule has 0 spiro atoms. The van der Waals surface area contributed by atoms with Gasteiger partial charge in [0.1, 0.15) is 11.6 Å². The molecule has 26 heavy (non-hydrogen) atoms. The molecule has 1 aromatic heterocycles. The first kappa shape index (κ1) is 22.0. The van der Waals surface area contributed by atoms with E-state index in [2.05, 4.69) is 32.3 Å². The number of rotatable bonds is 6. The third-order valence-corrected chi connectivity index (χ3v) is 3.90. The largest absolute Gasteiger partial charge is 0.496 e. The topological polar surface area (TPSA) is 53.0 Å². The number of anilines is 1. The van der Waals surface area contributed by atoms with E-state index in [1.807, 2.05) is 56.5 Å². The molecule has 0 amide bonds. The first-order chi connectivity index (χ1) is 12.1. The first-order valence-corrected chi connectivity index (χ1v) is 8.21. The maximum Gasteiger partial charge on any atom is 0.193 e. The van der Waals surface area contributed by atoms with Crippen LogP contribution in [0.15, 0.2) is 47.6 Å². The molecule has 142 valence electrons. The van der Waals surface area contributed by atoms with Gasteiger partial charge < -0.3 is 19.9 Å². The van der Waals surface area contributed by atoms with Crippen LogP contribution in [0.3, 0.4) is 0 Å². The fourth-order valence-electron chi connectivity index (χ4n) is 2.69. The molecule has 7 heteroatoms. The van der Waals surface area contributed by atoms with Crippen molar-refractivity contribution in [3.05, 3.63) is 53.7 Å². The zero-order valence-corrected chi connectivity index (χ0v) is 18.4. The highest BCUT2D eigenvalue weighted by Gasteiger charge is 2.11. The Labute approximate surface area is 173 Å². The van der Waals surface area contributed by atoms with Gasteiger partial charge in [-0.25, -0.2) is 4.98 Å². The Morgan fingerprint density at radius 3 is 2.46 bits per heavy atom. The Kier molecular flexibility index (Phi) is 9.18. The smallest absolute Gasteiger partial charge is 0.193 e. The second kappa shape index (κ2) is 10.8. The second-order valence-electron chi connectivity index (χ2n) is 5.95. The van der Waals surface area contributed by atoms with Gasteiger partial charge in [-0.1, -0.05) is 24.3 Å². The molecule has 0 fully saturated rings. The minimum absolute atomic E-state index is 0. The molecule has 0 unspecified atom stereocenters. The maximum absolute atomic E-state index is 5.43. The predicted molar refractivity (Wildman–Crippen MR) is 119 cm³/mol. The molecule has 1 aromatic carbocycles. The van der Waals surface area contributed by atoms with Crippen LogP contribution in [-0.2, 0) is 13.1 Å². The lowest BCUT2D eigenvalue weighted by molar-refractivity contribution is 0.396. The second-order valence-corrected chi connectivity index (χ2v) is 5.95. The standard InChI is InChI=1S/C19H27N5O.HI/c1-20-19(22-13-15-10-8-12-21-18(15)23(2)3)24(4)14-16-9-6-7-11-17(16)25-5;/h6-12H,13-14H2,1-5H3,(H,20,22);1H. The van der Waals surface area contributed by atoms with E-state index in [4.69, 9.17) is 4.74 Å². The van der Waals surface area contributed by atoms with Crippen LogP contribution in [0.25, 0.3) is 0 Å². The number of pyridine rings is 1. The van der Waals surface area contributed by atoms with E-state index >= 15 is 0 Å². The SMILES string of the molecule is CN=C(NCc1cccnc1N(C)C)N(C)Cc1ccccc1OC.I. The summed E-state index contributed by atoms with van der Waals surface area (Å²) < 4.78 is 5.43. The van der Waals surface area contributed by atoms with Gasteiger partial charge in [0.05, 0.1) is 7.11 Å². The van der Waals surface area contributed by atoms with Crippen LogP contribution in [0.1, 0.15) is 11.1 Å². The molecule has 1 heterocycles. The molecule has 0 aliphatic heterocycles. The number of guanidine groups is 1. The number of benzene rings is 1. The lowest BCUT2D eigenvalue weighted by Gasteiger charge is -2.24. The maximum atomic E-state index is 5.43. The van der Waals surface area contributed by atoms with E-state index in [1.165, 1.54) is 0 Å². The van der Waals surface area contributed by atoms with E-state index in [9.17, 15) is 0 Å². The molecular formula is C19H28IN5O. The van der Waals surface area contributed by atoms with E-state index in [1.54, 1.807) is 14.2 Å². The minimum Gasteiger partial charge on any atom is -0.496 e.